The molecule has 12 heteroatoms. The van der Waals surface area contributed by atoms with Crippen molar-refractivity contribution in [2.45, 2.75) is 50.5 Å². The van der Waals surface area contributed by atoms with Crippen molar-refractivity contribution in [1.82, 2.24) is 24.8 Å². The van der Waals surface area contributed by atoms with E-state index in [0.29, 0.717) is 41.4 Å². The first kappa shape index (κ1) is 23.3. The van der Waals surface area contributed by atoms with Crippen LogP contribution in [0.5, 0.6) is 0 Å². The summed E-state index contributed by atoms with van der Waals surface area (Å²) in [5.41, 5.74) is 11.7. The Morgan fingerprint density at radius 2 is 2.09 bits per heavy atom. The summed E-state index contributed by atoms with van der Waals surface area (Å²) in [7, 11) is 0. The molecule has 1 aliphatic carbocycles. The smallest absolute Gasteiger partial charge is 0.262 e. The lowest BCUT2D eigenvalue weighted by molar-refractivity contribution is 0.347. The molecule has 35 heavy (non-hydrogen) atoms. The van der Waals surface area contributed by atoms with Crippen molar-refractivity contribution in [2.75, 3.05) is 29.9 Å². The van der Waals surface area contributed by atoms with Crippen LogP contribution in [-0.2, 0) is 16.7 Å². The number of nitriles is 1. The van der Waals surface area contributed by atoms with Crippen molar-refractivity contribution in [1.29, 1.82) is 5.26 Å². The number of nitrogens with two attached hydrogens (primary N) is 2. The van der Waals surface area contributed by atoms with E-state index >= 15 is 0 Å². The highest BCUT2D eigenvalue weighted by molar-refractivity contribution is 6.35. The topological polar surface area (TPSA) is 173 Å². The number of anilines is 3. The number of epoxide rings is 1. The Hall–Kier alpha value is -3.46. The molecule has 2 fully saturated rings. The quantitative estimate of drug-likeness (QED) is 0.253. The van der Waals surface area contributed by atoms with Crippen LogP contribution >= 0.6 is 11.6 Å². The molecule has 2 aromatic heterocycles. The van der Waals surface area contributed by atoms with Crippen molar-refractivity contribution >= 4 is 40.1 Å². The summed E-state index contributed by atoms with van der Waals surface area (Å²) in [5.74, 6) is 0.952. The second-order valence-corrected chi connectivity index (χ2v) is 9.44. The number of nitrogens with zero attached hydrogens (tertiary/aromatic N) is 5. The zero-order valence-electron chi connectivity index (χ0n) is 19.2. The Labute approximate surface area is 206 Å². The van der Waals surface area contributed by atoms with E-state index in [-0.39, 0.29) is 41.0 Å². The van der Waals surface area contributed by atoms with Crippen LogP contribution in [0.1, 0.15) is 37.6 Å². The van der Waals surface area contributed by atoms with E-state index < -0.39 is 5.41 Å². The maximum Gasteiger partial charge on any atom is 0.262 e. The van der Waals surface area contributed by atoms with E-state index in [4.69, 9.17) is 32.8 Å². The fourth-order valence-corrected chi connectivity index (χ4v) is 4.58. The molecule has 0 bridgehead atoms. The number of rotatable bonds is 9. The molecule has 0 radical (unpaired) electrons. The van der Waals surface area contributed by atoms with Crippen molar-refractivity contribution in [2.24, 2.45) is 0 Å². The molecule has 0 unspecified atom stereocenters. The van der Waals surface area contributed by atoms with E-state index in [1.54, 1.807) is 22.8 Å². The fraction of sp³-hybridized carbons (Fsp3) is 0.435. The van der Waals surface area contributed by atoms with E-state index in [0.717, 1.165) is 19.3 Å². The highest BCUT2D eigenvalue weighted by Crippen LogP contribution is 2.47. The average Bonchev–Trinajstić information content (AvgIpc) is 3.74. The van der Waals surface area contributed by atoms with E-state index in [2.05, 4.69) is 20.6 Å². The van der Waals surface area contributed by atoms with Crippen LogP contribution in [0.4, 0.5) is 17.6 Å². The molecular weight excluding hydrogens is 470 g/mol. The van der Waals surface area contributed by atoms with Crippen LogP contribution in [0, 0.1) is 11.3 Å². The van der Waals surface area contributed by atoms with Crippen LogP contribution in [0.15, 0.2) is 23.0 Å². The van der Waals surface area contributed by atoms with Crippen molar-refractivity contribution in [3.8, 4) is 6.07 Å². The van der Waals surface area contributed by atoms with E-state index in [9.17, 15) is 10.1 Å². The standard InChI is InChI=1S/C23H26ClN9O2/c1-12-19(35-12)28-8-3-9-33-20(34)16-14(24)4-2-5-15(16)30-21(33)23(6-7-23)11-29-18-13(10-25)17(26)31-22(27)32-18/h2,4-5,12,19,28H,3,6-9,11H2,1H3,(H5,26,27,29,31,32)/t12-,19-/m0/s1. The lowest BCUT2D eigenvalue weighted by Crippen LogP contribution is -2.34. The van der Waals surface area contributed by atoms with Crippen molar-refractivity contribution in [3.63, 3.8) is 0 Å². The number of fused-ring (bicyclic) bond motifs is 1. The van der Waals surface area contributed by atoms with Gasteiger partial charge in [-0.2, -0.15) is 15.2 Å². The molecule has 0 amide bonds. The minimum absolute atomic E-state index is 0.0178. The maximum atomic E-state index is 13.6. The number of hydrogen-bond donors (Lipinski definition) is 4. The molecule has 1 saturated heterocycles. The molecule has 0 spiro atoms. The van der Waals surface area contributed by atoms with Crippen LogP contribution in [0.25, 0.3) is 10.9 Å². The van der Waals surface area contributed by atoms with Gasteiger partial charge in [-0.25, -0.2) is 4.98 Å². The third-order valence-electron chi connectivity index (χ3n) is 6.54. The number of nitrogen functional groups attached to an aromatic ring is 2. The first-order valence-electron chi connectivity index (χ1n) is 11.5. The predicted molar refractivity (Wildman–Crippen MR) is 133 cm³/mol. The Balaban J connectivity index is 1.46. The van der Waals surface area contributed by atoms with Gasteiger partial charge in [-0.1, -0.05) is 17.7 Å². The molecule has 3 aromatic rings. The molecule has 11 nitrogen and oxygen atoms in total. The normalized spacial score (nSPS) is 19.9. The summed E-state index contributed by atoms with van der Waals surface area (Å²) >= 11 is 6.38. The zero-order valence-corrected chi connectivity index (χ0v) is 20.0. The first-order valence-corrected chi connectivity index (χ1v) is 11.9. The Kier molecular flexibility index (Phi) is 5.96. The minimum atomic E-state index is -0.404. The van der Waals surface area contributed by atoms with Gasteiger partial charge in [0.2, 0.25) is 5.95 Å². The van der Waals surface area contributed by atoms with Crippen LogP contribution in [-0.4, -0.2) is 44.9 Å². The maximum absolute atomic E-state index is 13.6. The summed E-state index contributed by atoms with van der Waals surface area (Å²) in [5, 5.41) is 16.8. The summed E-state index contributed by atoms with van der Waals surface area (Å²) in [6, 6.07) is 7.31. The van der Waals surface area contributed by atoms with Gasteiger partial charge in [-0.05, 0) is 44.9 Å². The zero-order chi connectivity index (χ0) is 24.7. The minimum Gasteiger partial charge on any atom is -0.382 e. The van der Waals surface area contributed by atoms with Gasteiger partial charge in [0.15, 0.2) is 5.82 Å². The van der Waals surface area contributed by atoms with Gasteiger partial charge in [-0.15, -0.1) is 0 Å². The molecule has 1 saturated carbocycles. The molecule has 5 rings (SSSR count). The van der Waals surface area contributed by atoms with Gasteiger partial charge in [0.25, 0.3) is 5.56 Å². The Bertz CT molecular complexity index is 1400. The summed E-state index contributed by atoms with van der Waals surface area (Å²) in [6.45, 7) is 3.60. The number of nitrogens with one attached hydrogen (secondary N) is 2. The number of ether oxygens (including phenoxy) is 1. The molecule has 2 aliphatic rings. The highest BCUT2D eigenvalue weighted by atomic mass is 35.5. The summed E-state index contributed by atoms with van der Waals surface area (Å²) in [4.78, 5) is 26.5. The lowest BCUT2D eigenvalue weighted by Gasteiger charge is -2.22. The monoisotopic (exact) mass is 495 g/mol. The first-order chi connectivity index (χ1) is 16.8. The average molecular weight is 496 g/mol. The van der Waals surface area contributed by atoms with Gasteiger partial charge < -0.3 is 21.5 Å². The second kappa shape index (κ2) is 8.96. The van der Waals surface area contributed by atoms with Crippen LogP contribution in [0.2, 0.25) is 5.02 Å². The summed E-state index contributed by atoms with van der Waals surface area (Å²) in [6.07, 6.45) is 2.66. The third-order valence-corrected chi connectivity index (χ3v) is 6.85. The molecule has 2 atom stereocenters. The largest absolute Gasteiger partial charge is 0.382 e. The van der Waals surface area contributed by atoms with Crippen molar-refractivity contribution < 1.29 is 4.74 Å². The molecule has 3 heterocycles. The Morgan fingerprint density at radius 3 is 2.77 bits per heavy atom. The van der Waals surface area contributed by atoms with E-state index in [1.165, 1.54) is 0 Å². The van der Waals surface area contributed by atoms with Gasteiger partial charge in [0.05, 0.1) is 22.0 Å². The van der Waals surface area contributed by atoms with Gasteiger partial charge in [0, 0.05) is 18.5 Å². The van der Waals surface area contributed by atoms with Crippen LogP contribution < -0.4 is 27.7 Å². The number of benzene rings is 1. The molecule has 182 valence electrons. The third kappa shape index (κ3) is 4.48. The molecule has 1 aliphatic heterocycles. The number of halogens is 1. The summed E-state index contributed by atoms with van der Waals surface area (Å²) < 4.78 is 7.13. The van der Waals surface area contributed by atoms with Gasteiger partial charge in [-0.3, -0.25) is 14.7 Å². The second-order valence-electron chi connectivity index (χ2n) is 9.03. The van der Waals surface area contributed by atoms with Gasteiger partial charge >= 0.3 is 0 Å². The van der Waals surface area contributed by atoms with Crippen LogP contribution in [0.3, 0.4) is 0 Å². The van der Waals surface area contributed by atoms with Gasteiger partial charge in [0.1, 0.15) is 29.5 Å². The fourth-order valence-electron chi connectivity index (χ4n) is 4.33. The highest BCUT2D eigenvalue weighted by Gasteiger charge is 2.48. The lowest BCUT2D eigenvalue weighted by atomic mass is 10.0. The molecular formula is C23H26ClN9O2. The predicted octanol–water partition coefficient (Wildman–Crippen LogP) is 1.74. The number of aromatic nitrogens is 4. The Morgan fingerprint density at radius 1 is 1.31 bits per heavy atom. The van der Waals surface area contributed by atoms with Crippen molar-refractivity contribution in [3.05, 3.63) is 45.0 Å². The van der Waals surface area contributed by atoms with E-state index in [1.807, 2.05) is 13.0 Å². The SMILES string of the molecule is C[C@@H]1O[C@@H]1NCCCn1c(C2(CNc3nc(N)nc(N)c3C#N)CC2)nc2cccc(Cl)c2c1=O. The molecule has 6 N–H and O–H groups in total. The number of hydrogen-bond acceptors (Lipinski definition) is 10. The molecule has 1 aromatic carbocycles.